The van der Waals surface area contributed by atoms with Crippen LogP contribution in [0.5, 0.6) is 0 Å². The van der Waals surface area contributed by atoms with Crippen molar-refractivity contribution in [2.24, 2.45) is 5.73 Å². The Kier molecular flexibility index (Phi) is 4.74. The molecule has 0 bridgehead atoms. The molecule has 21 heavy (non-hydrogen) atoms. The number of hydrogen-bond acceptors (Lipinski definition) is 4. The first-order valence-electron chi connectivity index (χ1n) is 7.32. The van der Waals surface area contributed by atoms with Gasteiger partial charge in [0.1, 0.15) is 0 Å². The molecule has 0 amide bonds. The Labute approximate surface area is 138 Å². The summed E-state index contributed by atoms with van der Waals surface area (Å²) in [5.41, 5.74) is 7.69. The second-order valence-corrected chi connectivity index (χ2v) is 7.51. The van der Waals surface area contributed by atoms with Crippen LogP contribution in [0, 0.1) is 0 Å². The third kappa shape index (κ3) is 3.21. The van der Waals surface area contributed by atoms with Gasteiger partial charge in [0.05, 0.1) is 6.04 Å². The maximum atomic E-state index is 6.34. The van der Waals surface area contributed by atoms with E-state index in [-0.39, 0.29) is 12.1 Å². The van der Waals surface area contributed by atoms with E-state index in [4.69, 9.17) is 5.73 Å². The maximum absolute atomic E-state index is 6.34. The first kappa shape index (κ1) is 15.2. The van der Waals surface area contributed by atoms with Crippen molar-refractivity contribution in [3.63, 3.8) is 0 Å². The Balaban J connectivity index is 1.91. The number of nitrogens with zero attached hydrogens (tertiary/aromatic N) is 2. The molecule has 0 aliphatic carbocycles. The van der Waals surface area contributed by atoms with Gasteiger partial charge in [0.2, 0.25) is 0 Å². The molecule has 3 unspecified atom stereocenters. The molecule has 2 aromatic rings. The average Bonchev–Trinajstić information content (AvgIpc) is 3.10. The average molecular weight is 366 g/mol. The van der Waals surface area contributed by atoms with Gasteiger partial charge in [-0.25, -0.2) is 0 Å². The zero-order valence-electron chi connectivity index (χ0n) is 12.1. The Morgan fingerprint density at radius 1 is 1.43 bits per heavy atom. The summed E-state index contributed by atoms with van der Waals surface area (Å²) in [4.78, 5) is 8.05. The highest BCUT2D eigenvalue weighted by molar-refractivity contribution is 9.10. The van der Waals surface area contributed by atoms with Gasteiger partial charge in [0.25, 0.3) is 0 Å². The van der Waals surface area contributed by atoms with Crippen molar-refractivity contribution >= 4 is 27.3 Å². The van der Waals surface area contributed by atoms with Gasteiger partial charge in [0.15, 0.2) is 0 Å². The van der Waals surface area contributed by atoms with Crippen LogP contribution in [0.15, 0.2) is 40.4 Å². The van der Waals surface area contributed by atoms with Gasteiger partial charge in [0, 0.05) is 39.2 Å². The third-order valence-corrected chi connectivity index (χ3v) is 5.88. The van der Waals surface area contributed by atoms with E-state index in [1.165, 1.54) is 23.3 Å². The second-order valence-electron chi connectivity index (χ2n) is 5.65. The SMILES string of the molecule is CC(N)C(c1cc(Br)cs1)N1CCCC1c1ccncc1. The van der Waals surface area contributed by atoms with Crippen molar-refractivity contribution in [2.75, 3.05) is 6.54 Å². The molecule has 3 atom stereocenters. The number of pyridine rings is 1. The number of nitrogens with two attached hydrogens (primary N) is 1. The predicted molar refractivity (Wildman–Crippen MR) is 91.3 cm³/mol. The van der Waals surface area contributed by atoms with Crippen molar-refractivity contribution in [2.45, 2.75) is 37.9 Å². The Hall–Kier alpha value is -0.750. The van der Waals surface area contributed by atoms with Crippen LogP contribution in [0.25, 0.3) is 0 Å². The molecule has 0 radical (unpaired) electrons. The molecule has 0 spiro atoms. The largest absolute Gasteiger partial charge is 0.326 e. The Morgan fingerprint density at radius 2 is 2.19 bits per heavy atom. The van der Waals surface area contributed by atoms with Crippen LogP contribution in [-0.2, 0) is 0 Å². The molecule has 3 nitrogen and oxygen atoms in total. The summed E-state index contributed by atoms with van der Waals surface area (Å²) in [6.07, 6.45) is 6.19. The van der Waals surface area contributed by atoms with E-state index in [0.29, 0.717) is 6.04 Å². The lowest BCUT2D eigenvalue weighted by molar-refractivity contribution is 0.163. The lowest BCUT2D eigenvalue weighted by Crippen LogP contribution is -2.38. The van der Waals surface area contributed by atoms with Crippen LogP contribution in [0.4, 0.5) is 0 Å². The molecule has 1 aliphatic rings. The highest BCUT2D eigenvalue weighted by Gasteiger charge is 2.35. The van der Waals surface area contributed by atoms with Crippen molar-refractivity contribution in [3.05, 3.63) is 50.9 Å². The van der Waals surface area contributed by atoms with E-state index in [1.807, 2.05) is 12.4 Å². The molecule has 5 heteroatoms. The smallest absolute Gasteiger partial charge is 0.0596 e. The standard InChI is InChI=1S/C16H20BrN3S/c1-11(18)16(15-9-13(17)10-21-15)20-8-2-3-14(20)12-4-6-19-7-5-12/h4-7,9-11,14,16H,2-3,8,18H2,1H3. The van der Waals surface area contributed by atoms with Crippen molar-refractivity contribution in [1.82, 2.24) is 9.88 Å². The summed E-state index contributed by atoms with van der Waals surface area (Å²) in [6, 6.07) is 7.31. The molecule has 1 fully saturated rings. The second kappa shape index (κ2) is 6.57. The topological polar surface area (TPSA) is 42.1 Å². The van der Waals surface area contributed by atoms with Crippen LogP contribution in [0.3, 0.4) is 0 Å². The molecule has 3 rings (SSSR count). The van der Waals surface area contributed by atoms with Gasteiger partial charge in [-0.3, -0.25) is 9.88 Å². The zero-order chi connectivity index (χ0) is 14.8. The van der Waals surface area contributed by atoms with Crippen LogP contribution in [0.1, 0.15) is 42.3 Å². The Morgan fingerprint density at radius 3 is 2.81 bits per heavy atom. The first-order chi connectivity index (χ1) is 10.2. The normalized spacial score (nSPS) is 22.3. The maximum Gasteiger partial charge on any atom is 0.0596 e. The van der Waals surface area contributed by atoms with Gasteiger partial charge in [-0.15, -0.1) is 11.3 Å². The van der Waals surface area contributed by atoms with E-state index < -0.39 is 0 Å². The fourth-order valence-electron chi connectivity index (χ4n) is 3.27. The van der Waals surface area contributed by atoms with E-state index in [1.54, 1.807) is 11.3 Å². The summed E-state index contributed by atoms with van der Waals surface area (Å²) >= 11 is 5.35. The summed E-state index contributed by atoms with van der Waals surface area (Å²) in [7, 11) is 0. The molecule has 1 aliphatic heterocycles. The minimum Gasteiger partial charge on any atom is -0.326 e. The zero-order valence-corrected chi connectivity index (χ0v) is 14.5. The number of likely N-dealkylation sites (tertiary alicyclic amines) is 1. The van der Waals surface area contributed by atoms with Crippen LogP contribution >= 0.6 is 27.3 Å². The summed E-state index contributed by atoms with van der Waals surface area (Å²) in [5.74, 6) is 0. The summed E-state index contributed by atoms with van der Waals surface area (Å²) < 4.78 is 1.15. The predicted octanol–water partition coefficient (Wildman–Crippen LogP) is 4.13. The lowest BCUT2D eigenvalue weighted by Gasteiger charge is -2.35. The number of thiophene rings is 1. The van der Waals surface area contributed by atoms with Gasteiger partial charge in [-0.1, -0.05) is 0 Å². The monoisotopic (exact) mass is 365 g/mol. The van der Waals surface area contributed by atoms with Gasteiger partial charge < -0.3 is 5.73 Å². The van der Waals surface area contributed by atoms with Gasteiger partial charge >= 0.3 is 0 Å². The van der Waals surface area contributed by atoms with Crippen molar-refractivity contribution in [3.8, 4) is 0 Å². The van der Waals surface area contributed by atoms with E-state index in [0.717, 1.165) is 11.0 Å². The minimum absolute atomic E-state index is 0.109. The molecule has 112 valence electrons. The highest BCUT2D eigenvalue weighted by atomic mass is 79.9. The minimum atomic E-state index is 0.109. The van der Waals surface area contributed by atoms with Crippen molar-refractivity contribution < 1.29 is 0 Å². The molecule has 0 saturated carbocycles. The first-order valence-corrected chi connectivity index (χ1v) is 8.99. The molecular formula is C16H20BrN3S. The van der Waals surface area contributed by atoms with Crippen molar-refractivity contribution in [1.29, 1.82) is 0 Å². The summed E-state index contributed by atoms with van der Waals surface area (Å²) in [6.45, 7) is 3.22. The lowest BCUT2D eigenvalue weighted by atomic mass is 10.0. The van der Waals surface area contributed by atoms with Gasteiger partial charge in [-0.05, 0) is 66.0 Å². The number of halogens is 1. The van der Waals surface area contributed by atoms with E-state index in [9.17, 15) is 0 Å². The molecule has 1 saturated heterocycles. The highest BCUT2D eigenvalue weighted by Crippen LogP contribution is 2.41. The van der Waals surface area contributed by atoms with E-state index in [2.05, 4.69) is 56.3 Å². The quantitative estimate of drug-likeness (QED) is 0.885. The number of aromatic nitrogens is 1. The molecule has 2 N–H and O–H groups in total. The molecular weight excluding hydrogens is 346 g/mol. The van der Waals surface area contributed by atoms with Crippen LogP contribution in [0.2, 0.25) is 0 Å². The number of rotatable bonds is 4. The van der Waals surface area contributed by atoms with Crippen LogP contribution < -0.4 is 5.73 Å². The molecule has 0 aromatic carbocycles. The van der Waals surface area contributed by atoms with Crippen LogP contribution in [-0.4, -0.2) is 22.5 Å². The third-order valence-electron chi connectivity index (χ3n) is 4.12. The van der Waals surface area contributed by atoms with E-state index >= 15 is 0 Å². The molecule has 2 aromatic heterocycles. The number of hydrogen-bond donors (Lipinski definition) is 1. The summed E-state index contributed by atoms with van der Waals surface area (Å²) in [5, 5.41) is 2.14. The Bertz CT molecular complexity index is 584. The molecule has 3 heterocycles. The fourth-order valence-corrected chi connectivity index (χ4v) is 4.95. The van der Waals surface area contributed by atoms with Gasteiger partial charge in [-0.2, -0.15) is 0 Å². The fraction of sp³-hybridized carbons (Fsp3) is 0.438.